The Morgan fingerprint density at radius 2 is 1.95 bits per heavy atom. The van der Waals surface area contributed by atoms with E-state index in [9.17, 15) is 0 Å². The zero-order valence-electron chi connectivity index (χ0n) is 13.9. The molecular formula is C16H29N3OS. The standard InChI is InChI=1S/C16H29N3OS/c1-10(2)9-17-8-6-7-14-18-19-16(21-14)15-11(3)12(4)20-13(15)5/h10-13,15,17H,6-9H2,1-5H3. The van der Waals surface area contributed by atoms with E-state index in [0.717, 1.165) is 35.9 Å². The molecule has 5 heteroatoms. The van der Waals surface area contributed by atoms with Crippen LogP contribution >= 0.6 is 11.3 Å². The maximum absolute atomic E-state index is 5.91. The molecule has 1 aliphatic rings. The second-order valence-electron chi connectivity index (χ2n) is 6.67. The normalized spacial score (nSPS) is 29.4. The average Bonchev–Trinajstić information content (AvgIpc) is 2.95. The van der Waals surface area contributed by atoms with E-state index >= 15 is 0 Å². The molecule has 0 aromatic carbocycles. The summed E-state index contributed by atoms with van der Waals surface area (Å²) in [6.07, 6.45) is 2.72. The van der Waals surface area contributed by atoms with Crippen molar-refractivity contribution in [2.45, 2.75) is 65.6 Å². The number of rotatable bonds is 7. The van der Waals surface area contributed by atoms with Crippen LogP contribution in [0.15, 0.2) is 0 Å². The van der Waals surface area contributed by atoms with Crippen LogP contribution in [0.4, 0.5) is 0 Å². The second kappa shape index (κ2) is 7.65. The maximum Gasteiger partial charge on any atom is 0.123 e. The van der Waals surface area contributed by atoms with Crippen molar-refractivity contribution in [3.05, 3.63) is 10.0 Å². The molecule has 1 saturated heterocycles. The molecular weight excluding hydrogens is 282 g/mol. The van der Waals surface area contributed by atoms with Crippen molar-refractivity contribution in [2.24, 2.45) is 11.8 Å². The predicted molar refractivity (Wildman–Crippen MR) is 87.9 cm³/mol. The Hall–Kier alpha value is -0.520. The summed E-state index contributed by atoms with van der Waals surface area (Å²) in [6.45, 7) is 13.2. The monoisotopic (exact) mass is 311 g/mol. The predicted octanol–water partition coefficient (Wildman–Crippen LogP) is 3.24. The number of nitrogens with zero attached hydrogens (tertiary/aromatic N) is 2. The van der Waals surface area contributed by atoms with Crippen molar-refractivity contribution in [2.75, 3.05) is 13.1 Å². The van der Waals surface area contributed by atoms with Crippen LogP contribution in [-0.4, -0.2) is 35.5 Å². The van der Waals surface area contributed by atoms with Crippen molar-refractivity contribution < 1.29 is 4.74 Å². The smallest absolute Gasteiger partial charge is 0.123 e. The first-order valence-corrected chi connectivity index (χ1v) is 8.99. The summed E-state index contributed by atoms with van der Waals surface area (Å²) >= 11 is 1.77. The fourth-order valence-electron chi connectivity index (χ4n) is 2.95. The minimum Gasteiger partial charge on any atom is -0.375 e. The Kier molecular flexibility index (Phi) is 6.14. The Balaban J connectivity index is 1.81. The average molecular weight is 311 g/mol. The summed E-state index contributed by atoms with van der Waals surface area (Å²) in [7, 11) is 0. The number of hydrogen-bond acceptors (Lipinski definition) is 5. The molecule has 4 nitrogen and oxygen atoms in total. The molecule has 1 N–H and O–H groups in total. The molecule has 2 rings (SSSR count). The van der Waals surface area contributed by atoms with Crippen LogP contribution in [0.25, 0.3) is 0 Å². The first kappa shape index (κ1) is 16.8. The van der Waals surface area contributed by atoms with Crippen LogP contribution in [0.5, 0.6) is 0 Å². The third-order valence-electron chi connectivity index (χ3n) is 4.31. The first-order chi connectivity index (χ1) is 9.99. The van der Waals surface area contributed by atoms with Crippen molar-refractivity contribution in [3.8, 4) is 0 Å². The van der Waals surface area contributed by atoms with E-state index in [1.54, 1.807) is 11.3 Å². The molecule has 4 unspecified atom stereocenters. The fraction of sp³-hybridized carbons (Fsp3) is 0.875. The van der Waals surface area contributed by atoms with Gasteiger partial charge in [0.15, 0.2) is 0 Å². The van der Waals surface area contributed by atoms with Gasteiger partial charge in [-0.1, -0.05) is 20.8 Å². The topological polar surface area (TPSA) is 47.0 Å². The minimum atomic E-state index is 0.253. The van der Waals surface area contributed by atoms with Gasteiger partial charge in [-0.25, -0.2) is 0 Å². The van der Waals surface area contributed by atoms with Crippen molar-refractivity contribution in [1.29, 1.82) is 0 Å². The van der Waals surface area contributed by atoms with E-state index in [-0.39, 0.29) is 6.10 Å². The molecule has 1 fully saturated rings. The molecule has 1 aromatic heterocycles. The van der Waals surface area contributed by atoms with Gasteiger partial charge in [0.05, 0.1) is 12.2 Å². The van der Waals surface area contributed by atoms with E-state index in [0.29, 0.717) is 23.9 Å². The lowest BCUT2D eigenvalue weighted by atomic mass is 9.90. The summed E-state index contributed by atoms with van der Waals surface area (Å²) in [4.78, 5) is 0. The molecule has 21 heavy (non-hydrogen) atoms. The molecule has 0 radical (unpaired) electrons. The summed E-state index contributed by atoms with van der Waals surface area (Å²) in [5.41, 5.74) is 0. The number of hydrogen-bond donors (Lipinski definition) is 1. The number of aryl methyl sites for hydroxylation is 1. The van der Waals surface area contributed by atoms with Crippen LogP contribution < -0.4 is 5.32 Å². The van der Waals surface area contributed by atoms with Gasteiger partial charge >= 0.3 is 0 Å². The Morgan fingerprint density at radius 3 is 2.57 bits per heavy atom. The molecule has 1 aromatic rings. The van der Waals surface area contributed by atoms with Crippen LogP contribution in [0.2, 0.25) is 0 Å². The summed E-state index contributed by atoms with van der Waals surface area (Å²) in [6, 6.07) is 0. The molecule has 0 saturated carbocycles. The van der Waals surface area contributed by atoms with Gasteiger partial charge in [-0.2, -0.15) is 0 Å². The van der Waals surface area contributed by atoms with Gasteiger partial charge in [-0.15, -0.1) is 21.5 Å². The first-order valence-electron chi connectivity index (χ1n) is 8.17. The second-order valence-corrected chi connectivity index (χ2v) is 7.76. The fourth-order valence-corrected chi connectivity index (χ4v) is 4.14. The third kappa shape index (κ3) is 4.47. The Morgan fingerprint density at radius 1 is 1.19 bits per heavy atom. The lowest BCUT2D eigenvalue weighted by molar-refractivity contribution is 0.0556. The molecule has 0 bridgehead atoms. The summed E-state index contributed by atoms with van der Waals surface area (Å²) < 4.78 is 5.91. The Bertz CT molecular complexity index is 435. The van der Waals surface area contributed by atoms with E-state index in [1.165, 1.54) is 0 Å². The van der Waals surface area contributed by atoms with Crippen molar-refractivity contribution in [3.63, 3.8) is 0 Å². The van der Waals surface area contributed by atoms with E-state index in [4.69, 9.17) is 4.74 Å². The molecule has 1 aliphatic heterocycles. The molecule has 0 aliphatic carbocycles. The molecule has 120 valence electrons. The lowest BCUT2D eigenvalue weighted by Gasteiger charge is -2.14. The number of ether oxygens (including phenoxy) is 1. The highest BCUT2D eigenvalue weighted by molar-refractivity contribution is 7.11. The highest BCUT2D eigenvalue weighted by Gasteiger charge is 2.39. The van der Waals surface area contributed by atoms with E-state index in [2.05, 4.69) is 50.1 Å². The van der Waals surface area contributed by atoms with Gasteiger partial charge in [-0.3, -0.25) is 0 Å². The van der Waals surface area contributed by atoms with Gasteiger partial charge in [0.2, 0.25) is 0 Å². The SMILES string of the molecule is CC(C)CNCCCc1nnc(C2C(C)OC(C)C2C)s1. The molecule has 0 spiro atoms. The van der Waals surface area contributed by atoms with Gasteiger partial charge < -0.3 is 10.1 Å². The molecule has 2 heterocycles. The lowest BCUT2D eigenvalue weighted by Crippen LogP contribution is -2.21. The van der Waals surface area contributed by atoms with E-state index < -0.39 is 0 Å². The van der Waals surface area contributed by atoms with Gasteiger partial charge in [0, 0.05) is 12.3 Å². The maximum atomic E-state index is 5.91. The van der Waals surface area contributed by atoms with Gasteiger partial charge in [-0.05, 0) is 45.2 Å². The van der Waals surface area contributed by atoms with Crippen LogP contribution in [0.1, 0.15) is 57.0 Å². The van der Waals surface area contributed by atoms with Crippen LogP contribution in [-0.2, 0) is 11.2 Å². The number of nitrogens with one attached hydrogen (secondary N) is 1. The largest absolute Gasteiger partial charge is 0.375 e. The highest BCUT2D eigenvalue weighted by Crippen LogP contribution is 2.40. The summed E-state index contributed by atoms with van der Waals surface area (Å²) in [5.74, 6) is 1.64. The zero-order valence-corrected chi connectivity index (χ0v) is 14.7. The minimum absolute atomic E-state index is 0.253. The highest BCUT2D eigenvalue weighted by atomic mass is 32.1. The quantitative estimate of drug-likeness (QED) is 0.785. The summed E-state index contributed by atoms with van der Waals surface area (Å²) in [5, 5.41) is 14.6. The van der Waals surface area contributed by atoms with Gasteiger partial charge in [0.1, 0.15) is 10.0 Å². The molecule has 0 amide bonds. The van der Waals surface area contributed by atoms with Crippen LogP contribution in [0, 0.1) is 11.8 Å². The third-order valence-corrected chi connectivity index (χ3v) is 5.39. The molecule has 4 atom stereocenters. The van der Waals surface area contributed by atoms with Crippen molar-refractivity contribution >= 4 is 11.3 Å². The Labute approximate surface area is 132 Å². The van der Waals surface area contributed by atoms with Crippen molar-refractivity contribution in [1.82, 2.24) is 15.5 Å². The van der Waals surface area contributed by atoms with E-state index in [1.807, 2.05) is 0 Å². The van der Waals surface area contributed by atoms with Gasteiger partial charge in [0.25, 0.3) is 0 Å². The zero-order chi connectivity index (χ0) is 15.4. The number of aromatic nitrogens is 2. The van der Waals surface area contributed by atoms with Crippen LogP contribution in [0.3, 0.4) is 0 Å².